The summed E-state index contributed by atoms with van der Waals surface area (Å²) in [6.07, 6.45) is -0.441. The summed E-state index contributed by atoms with van der Waals surface area (Å²) in [5.74, 6) is 1.28. The van der Waals surface area contributed by atoms with Gasteiger partial charge in [-0.1, -0.05) is 32.9 Å². The van der Waals surface area contributed by atoms with Crippen molar-refractivity contribution in [2.45, 2.75) is 39.3 Å². The lowest BCUT2D eigenvalue weighted by Crippen LogP contribution is -2.45. The largest absolute Gasteiger partial charge is 0.497 e. The van der Waals surface area contributed by atoms with Gasteiger partial charge in [-0.2, -0.15) is 0 Å². The topological polar surface area (TPSA) is 57.2 Å². The quantitative estimate of drug-likeness (QED) is 0.828. The van der Waals surface area contributed by atoms with Gasteiger partial charge in [-0.15, -0.1) is 0 Å². The minimum atomic E-state index is -0.388. The highest BCUT2D eigenvalue weighted by Gasteiger charge is 2.38. The molecule has 2 rings (SSSR count). The molecule has 0 bridgehead atoms. The summed E-state index contributed by atoms with van der Waals surface area (Å²) in [7, 11) is 3.34. The van der Waals surface area contributed by atoms with Gasteiger partial charge in [0.25, 0.3) is 0 Å². The van der Waals surface area contributed by atoms with Crippen LogP contribution in [0.2, 0.25) is 0 Å². The average Bonchev–Trinajstić information content (AvgIpc) is 2.62. The van der Waals surface area contributed by atoms with Gasteiger partial charge in [0.05, 0.1) is 25.9 Å². The van der Waals surface area contributed by atoms with Crippen LogP contribution in [0.25, 0.3) is 0 Å². The molecule has 1 fully saturated rings. The maximum absolute atomic E-state index is 9.47. The molecule has 5 nitrogen and oxygen atoms in total. The molecular formula is C19H30O5. The molecule has 0 amide bonds. The first kappa shape index (κ1) is 19.2. The Labute approximate surface area is 144 Å². The van der Waals surface area contributed by atoms with Gasteiger partial charge < -0.3 is 24.1 Å². The van der Waals surface area contributed by atoms with E-state index in [2.05, 4.69) is 13.8 Å². The lowest BCUT2D eigenvalue weighted by atomic mass is 9.84. The minimum absolute atomic E-state index is 0.00445. The second-order valence-electron chi connectivity index (χ2n) is 6.74. The zero-order valence-corrected chi connectivity index (χ0v) is 15.3. The van der Waals surface area contributed by atoms with Gasteiger partial charge >= 0.3 is 0 Å². The van der Waals surface area contributed by atoms with Crippen molar-refractivity contribution in [1.82, 2.24) is 0 Å². The number of methoxy groups -OCH3 is 2. The molecule has 0 aromatic heterocycles. The second kappa shape index (κ2) is 8.81. The highest BCUT2D eigenvalue weighted by atomic mass is 16.7. The van der Waals surface area contributed by atoms with E-state index in [1.165, 1.54) is 0 Å². The number of ether oxygens (including phenoxy) is 4. The first-order valence-electron chi connectivity index (χ1n) is 8.56. The average molecular weight is 338 g/mol. The molecule has 0 radical (unpaired) electrons. The molecule has 5 heteroatoms. The van der Waals surface area contributed by atoms with E-state index in [9.17, 15) is 5.11 Å². The van der Waals surface area contributed by atoms with Gasteiger partial charge in [0.1, 0.15) is 5.75 Å². The Bertz CT molecular complexity index is 489. The predicted molar refractivity (Wildman–Crippen MR) is 91.9 cm³/mol. The first-order chi connectivity index (χ1) is 11.5. The highest BCUT2D eigenvalue weighted by molar-refractivity contribution is 5.28. The molecule has 1 aliphatic heterocycles. The van der Waals surface area contributed by atoms with Crippen LogP contribution in [-0.2, 0) is 14.2 Å². The van der Waals surface area contributed by atoms with Crippen LogP contribution in [0, 0.1) is 17.8 Å². The molecule has 1 aliphatic rings. The van der Waals surface area contributed by atoms with Gasteiger partial charge in [0, 0.05) is 37.0 Å². The van der Waals surface area contributed by atoms with Crippen molar-refractivity contribution in [3.05, 3.63) is 29.8 Å². The lowest BCUT2D eigenvalue weighted by molar-refractivity contribution is -0.258. The number of aliphatic hydroxyl groups excluding tert-OH is 1. The molecule has 0 aliphatic carbocycles. The van der Waals surface area contributed by atoms with E-state index in [0.29, 0.717) is 6.61 Å². The fourth-order valence-electron chi connectivity index (χ4n) is 3.48. The Morgan fingerprint density at radius 1 is 1.21 bits per heavy atom. The number of rotatable bonds is 7. The van der Waals surface area contributed by atoms with E-state index < -0.39 is 0 Å². The van der Waals surface area contributed by atoms with Crippen molar-refractivity contribution in [2.75, 3.05) is 27.4 Å². The molecule has 1 N–H and O–H groups in total. The van der Waals surface area contributed by atoms with Crippen molar-refractivity contribution in [1.29, 1.82) is 0 Å². The van der Waals surface area contributed by atoms with Crippen LogP contribution in [-0.4, -0.2) is 44.7 Å². The molecule has 1 aromatic rings. The van der Waals surface area contributed by atoms with Crippen LogP contribution in [0.1, 0.15) is 32.6 Å². The minimum Gasteiger partial charge on any atom is -0.497 e. The number of benzene rings is 1. The molecule has 0 spiro atoms. The fourth-order valence-corrected chi connectivity index (χ4v) is 3.48. The highest BCUT2D eigenvalue weighted by Crippen LogP contribution is 2.35. The number of hydrogen-bond acceptors (Lipinski definition) is 5. The van der Waals surface area contributed by atoms with Crippen LogP contribution in [0.4, 0.5) is 0 Å². The van der Waals surface area contributed by atoms with E-state index in [-0.39, 0.29) is 42.9 Å². The Kier molecular flexibility index (Phi) is 7.04. The summed E-state index contributed by atoms with van der Waals surface area (Å²) < 4.78 is 23.0. The summed E-state index contributed by atoms with van der Waals surface area (Å²) >= 11 is 0. The van der Waals surface area contributed by atoms with Crippen molar-refractivity contribution in [3.8, 4) is 5.75 Å². The molecule has 1 heterocycles. The SMILES string of the molecule is COc1ccc([C@H]2OC[C@H](C)[C@@H]([C@@H](C)[C@@H](OC)[C@@H](C)CO)O2)cc1. The Morgan fingerprint density at radius 3 is 2.42 bits per heavy atom. The summed E-state index contributed by atoms with van der Waals surface area (Å²) in [6, 6.07) is 7.74. The van der Waals surface area contributed by atoms with Crippen LogP contribution < -0.4 is 4.74 Å². The van der Waals surface area contributed by atoms with Gasteiger partial charge in [-0.3, -0.25) is 0 Å². The third kappa shape index (κ3) is 4.28. The molecule has 6 atom stereocenters. The van der Waals surface area contributed by atoms with E-state index in [4.69, 9.17) is 18.9 Å². The summed E-state index contributed by atoms with van der Waals surface area (Å²) in [5, 5.41) is 9.47. The van der Waals surface area contributed by atoms with E-state index in [0.717, 1.165) is 11.3 Å². The second-order valence-corrected chi connectivity index (χ2v) is 6.74. The van der Waals surface area contributed by atoms with Crippen molar-refractivity contribution in [2.24, 2.45) is 17.8 Å². The van der Waals surface area contributed by atoms with Crippen LogP contribution in [0.15, 0.2) is 24.3 Å². The number of aliphatic hydroxyl groups is 1. The Hall–Kier alpha value is -1.14. The molecule has 0 saturated carbocycles. The van der Waals surface area contributed by atoms with Gasteiger partial charge in [0.15, 0.2) is 6.29 Å². The predicted octanol–water partition coefficient (Wildman–Crippen LogP) is 3.02. The van der Waals surface area contributed by atoms with Gasteiger partial charge in [-0.25, -0.2) is 0 Å². The zero-order chi connectivity index (χ0) is 17.7. The van der Waals surface area contributed by atoms with Gasteiger partial charge in [-0.05, 0) is 12.1 Å². The fraction of sp³-hybridized carbons (Fsp3) is 0.684. The monoisotopic (exact) mass is 338 g/mol. The number of hydrogen-bond donors (Lipinski definition) is 1. The molecule has 1 aromatic carbocycles. The normalized spacial score (nSPS) is 28.2. The van der Waals surface area contributed by atoms with Crippen LogP contribution >= 0.6 is 0 Å². The summed E-state index contributed by atoms with van der Waals surface area (Å²) in [6.45, 7) is 6.98. The van der Waals surface area contributed by atoms with Crippen molar-refractivity contribution >= 4 is 0 Å². The van der Waals surface area contributed by atoms with Gasteiger partial charge in [0.2, 0.25) is 0 Å². The summed E-state index contributed by atoms with van der Waals surface area (Å²) in [4.78, 5) is 0. The molecule has 24 heavy (non-hydrogen) atoms. The first-order valence-corrected chi connectivity index (χ1v) is 8.56. The van der Waals surface area contributed by atoms with Crippen LogP contribution in [0.3, 0.4) is 0 Å². The maximum Gasteiger partial charge on any atom is 0.184 e. The smallest absolute Gasteiger partial charge is 0.184 e. The van der Waals surface area contributed by atoms with E-state index in [1.54, 1.807) is 14.2 Å². The summed E-state index contributed by atoms with van der Waals surface area (Å²) in [5.41, 5.74) is 0.976. The Morgan fingerprint density at radius 2 is 1.88 bits per heavy atom. The Balaban J connectivity index is 2.11. The standard InChI is InChI=1S/C19H30O5/c1-12(10-20)17(22-5)14(3)18-13(2)11-23-19(24-18)15-6-8-16(21-4)9-7-15/h6-9,12-14,17-20H,10-11H2,1-5H3/t12-,13-,14-,17-,18-,19-/m0/s1. The van der Waals surface area contributed by atoms with Crippen LogP contribution in [0.5, 0.6) is 5.75 Å². The van der Waals surface area contributed by atoms with E-state index in [1.807, 2.05) is 31.2 Å². The molecule has 1 saturated heterocycles. The zero-order valence-electron chi connectivity index (χ0n) is 15.3. The lowest BCUT2D eigenvalue weighted by Gasteiger charge is -2.41. The molecule has 0 unspecified atom stereocenters. The molecule has 136 valence electrons. The van der Waals surface area contributed by atoms with Crippen molar-refractivity contribution < 1.29 is 24.1 Å². The maximum atomic E-state index is 9.47. The third-order valence-corrected chi connectivity index (χ3v) is 4.90. The van der Waals surface area contributed by atoms with Crippen molar-refractivity contribution in [3.63, 3.8) is 0 Å². The van der Waals surface area contributed by atoms with E-state index >= 15 is 0 Å². The third-order valence-electron chi connectivity index (χ3n) is 4.90. The molecular weight excluding hydrogens is 308 g/mol.